The molecule has 2 amide bonds. The Labute approximate surface area is 147 Å². The molecule has 0 radical (unpaired) electrons. The van der Waals surface area contributed by atoms with Crippen LogP contribution in [0.5, 0.6) is 0 Å². The average molecular weight is 350 g/mol. The lowest BCUT2D eigenvalue weighted by Crippen LogP contribution is -2.46. The molecule has 0 aromatic carbocycles. The van der Waals surface area contributed by atoms with Crippen molar-refractivity contribution >= 4 is 12.0 Å². The molecule has 0 aliphatic carbocycles. The van der Waals surface area contributed by atoms with Crippen LogP contribution in [0.1, 0.15) is 54.9 Å². The molecule has 25 heavy (non-hydrogen) atoms. The van der Waals surface area contributed by atoms with Crippen molar-refractivity contribution in [2.45, 2.75) is 44.6 Å². The Morgan fingerprint density at radius 3 is 2.88 bits per heavy atom. The number of ether oxygens (including phenoxy) is 1. The maximum Gasteiger partial charge on any atom is 0.409 e. The van der Waals surface area contributed by atoms with Gasteiger partial charge in [-0.1, -0.05) is 0 Å². The van der Waals surface area contributed by atoms with Crippen LogP contribution in [0.25, 0.3) is 0 Å². The Balaban J connectivity index is 1.48. The Morgan fingerprint density at radius 1 is 1.40 bits per heavy atom. The summed E-state index contributed by atoms with van der Waals surface area (Å²) < 4.78 is 10.5. The lowest BCUT2D eigenvalue weighted by Gasteiger charge is -2.31. The van der Waals surface area contributed by atoms with E-state index in [1.807, 2.05) is 0 Å². The highest BCUT2D eigenvalue weighted by atomic mass is 16.6. The minimum Gasteiger partial charge on any atom is -0.450 e. The number of nitrogens with one attached hydrogen (secondary N) is 2. The van der Waals surface area contributed by atoms with E-state index in [9.17, 15) is 9.59 Å². The molecule has 2 aliphatic heterocycles. The number of rotatable bonds is 4. The number of carbonyl (C=O) groups is 2. The van der Waals surface area contributed by atoms with Gasteiger partial charge in [-0.05, 0) is 39.2 Å². The van der Waals surface area contributed by atoms with Gasteiger partial charge >= 0.3 is 6.09 Å². The van der Waals surface area contributed by atoms with Crippen molar-refractivity contribution in [2.24, 2.45) is 0 Å². The van der Waals surface area contributed by atoms with Crippen molar-refractivity contribution in [3.05, 3.63) is 17.8 Å². The average Bonchev–Trinajstić information content (AvgIpc) is 3.13. The number of aromatic nitrogens is 1. The molecule has 1 unspecified atom stereocenters. The summed E-state index contributed by atoms with van der Waals surface area (Å²) in [6.45, 7) is 5.20. The van der Waals surface area contributed by atoms with Gasteiger partial charge in [0, 0.05) is 31.6 Å². The Bertz CT molecular complexity index is 589. The summed E-state index contributed by atoms with van der Waals surface area (Å²) in [5, 5.41) is 6.30. The van der Waals surface area contributed by atoms with E-state index < -0.39 is 0 Å². The van der Waals surface area contributed by atoms with Crippen LogP contribution in [-0.4, -0.2) is 60.7 Å². The van der Waals surface area contributed by atoms with Gasteiger partial charge < -0.3 is 24.7 Å². The summed E-state index contributed by atoms with van der Waals surface area (Å²) in [5.41, 5.74) is 0.327. The van der Waals surface area contributed by atoms with Gasteiger partial charge in [-0.15, -0.1) is 0 Å². The van der Waals surface area contributed by atoms with E-state index in [-0.39, 0.29) is 24.0 Å². The van der Waals surface area contributed by atoms with Crippen molar-refractivity contribution in [1.29, 1.82) is 0 Å². The van der Waals surface area contributed by atoms with Crippen molar-refractivity contribution in [3.8, 4) is 0 Å². The highest BCUT2D eigenvalue weighted by Gasteiger charge is 2.26. The summed E-state index contributed by atoms with van der Waals surface area (Å²) in [6, 6.07) is 0.0367. The quantitative estimate of drug-likeness (QED) is 0.854. The van der Waals surface area contributed by atoms with Crippen LogP contribution < -0.4 is 10.6 Å². The van der Waals surface area contributed by atoms with Crippen LogP contribution >= 0.6 is 0 Å². The Hall–Kier alpha value is -2.09. The van der Waals surface area contributed by atoms with Crippen LogP contribution in [-0.2, 0) is 4.74 Å². The largest absolute Gasteiger partial charge is 0.450 e. The van der Waals surface area contributed by atoms with Gasteiger partial charge in [-0.3, -0.25) is 4.79 Å². The third-order valence-corrected chi connectivity index (χ3v) is 4.76. The molecule has 2 N–H and O–H groups in total. The first-order valence-electron chi connectivity index (χ1n) is 9.06. The maximum atomic E-state index is 12.4. The summed E-state index contributed by atoms with van der Waals surface area (Å²) in [6.07, 6.45) is 4.69. The second-order valence-corrected chi connectivity index (χ2v) is 6.55. The summed E-state index contributed by atoms with van der Waals surface area (Å²) in [5.74, 6) is 0.658. The van der Waals surface area contributed by atoms with E-state index in [4.69, 9.17) is 9.15 Å². The van der Waals surface area contributed by atoms with Crippen molar-refractivity contribution < 1.29 is 18.7 Å². The predicted octanol–water partition coefficient (Wildman–Crippen LogP) is 1.49. The molecule has 0 spiro atoms. The Morgan fingerprint density at radius 2 is 2.20 bits per heavy atom. The molecular formula is C17H26N4O4. The molecule has 2 aliphatic rings. The second kappa shape index (κ2) is 8.33. The smallest absolute Gasteiger partial charge is 0.409 e. The van der Waals surface area contributed by atoms with Crippen LogP contribution in [0.15, 0.2) is 10.7 Å². The van der Waals surface area contributed by atoms with E-state index in [2.05, 4.69) is 15.6 Å². The lowest BCUT2D eigenvalue weighted by molar-refractivity contribution is 0.0856. The van der Waals surface area contributed by atoms with Gasteiger partial charge in [0.2, 0.25) is 0 Å². The van der Waals surface area contributed by atoms with Crippen molar-refractivity contribution in [2.75, 3.05) is 32.8 Å². The van der Waals surface area contributed by atoms with Gasteiger partial charge in [0.15, 0.2) is 11.6 Å². The molecule has 8 heteroatoms. The number of piperidine rings is 2. The third-order valence-electron chi connectivity index (χ3n) is 4.76. The normalized spacial score (nSPS) is 21.8. The highest BCUT2D eigenvalue weighted by molar-refractivity contribution is 5.92. The first-order valence-corrected chi connectivity index (χ1v) is 9.06. The van der Waals surface area contributed by atoms with Gasteiger partial charge in [0.1, 0.15) is 6.26 Å². The van der Waals surface area contributed by atoms with Gasteiger partial charge in [-0.25, -0.2) is 9.78 Å². The van der Waals surface area contributed by atoms with E-state index >= 15 is 0 Å². The number of nitrogens with zero attached hydrogens (tertiary/aromatic N) is 2. The molecule has 0 bridgehead atoms. The van der Waals surface area contributed by atoms with Gasteiger partial charge in [0.05, 0.1) is 6.61 Å². The summed E-state index contributed by atoms with van der Waals surface area (Å²) in [7, 11) is 0. The van der Waals surface area contributed by atoms with E-state index in [0.717, 1.165) is 25.9 Å². The molecule has 1 aromatic heterocycles. The number of amides is 2. The fourth-order valence-electron chi connectivity index (χ4n) is 3.32. The molecule has 2 saturated heterocycles. The molecular weight excluding hydrogens is 324 g/mol. The van der Waals surface area contributed by atoms with Crippen molar-refractivity contribution in [3.63, 3.8) is 0 Å². The standard InChI is InChI=1S/C17H26N4O4/c1-2-24-17(23)21-8-5-13(6-9-21)19-15(22)14-11-25-16(20-14)12-4-3-7-18-10-12/h11-13,18H,2-10H2,1H3,(H,19,22). The molecule has 1 atom stereocenters. The van der Waals surface area contributed by atoms with E-state index in [0.29, 0.717) is 44.1 Å². The maximum absolute atomic E-state index is 12.4. The van der Waals surface area contributed by atoms with Crippen LogP contribution in [0, 0.1) is 0 Å². The first kappa shape index (κ1) is 17.7. The second-order valence-electron chi connectivity index (χ2n) is 6.55. The van der Waals surface area contributed by atoms with Gasteiger partial charge in [0.25, 0.3) is 5.91 Å². The fourth-order valence-corrected chi connectivity index (χ4v) is 3.32. The van der Waals surface area contributed by atoms with E-state index in [1.54, 1.807) is 11.8 Å². The topological polar surface area (TPSA) is 96.7 Å². The zero-order valence-corrected chi connectivity index (χ0v) is 14.6. The summed E-state index contributed by atoms with van der Waals surface area (Å²) in [4.78, 5) is 30.1. The van der Waals surface area contributed by atoms with Crippen molar-refractivity contribution in [1.82, 2.24) is 20.5 Å². The molecule has 8 nitrogen and oxygen atoms in total. The summed E-state index contributed by atoms with van der Waals surface area (Å²) >= 11 is 0. The fraction of sp³-hybridized carbons (Fsp3) is 0.706. The third kappa shape index (κ3) is 4.50. The van der Waals surface area contributed by atoms with Crippen LogP contribution in [0.4, 0.5) is 4.79 Å². The molecule has 3 rings (SSSR count). The molecule has 1 aromatic rings. The van der Waals surface area contributed by atoms with Crippen LogP contribution in [0.2, 0.25) is 0 Å². The number of hydrogen-bond donors (Lipinski definition) is 2. The Kier molecular flexibility index (Phi) is 5.91. The zero-order valence-electron chi connectivity index (χ0n) is 14.6. The van der Waals surface area contributed by atoms with Crippen LogP contribution in [0.3, 0.4) is 0 Å². The highest BCUT2D eigenvalue weighted by Crippen LogP contribution is 2.22. The number of carbonyl (C=O) groups excluding carboxylic acids is 2. The lowest BCUT2D eigenvalue weighted by atomic mass is 10.00. The predicted molar refractivity (Wildman–Crippen MR) is 90.4 cm³/mol. The monoisotopic (exact) mass is 350 g/mol. The van der Waals surface area contributed by atoms with Gasteiger partial charge in [-0.2, -0.15) is 0 Å². The molecule has 2 fully saturated rings. The number of likely N-dealkylation sites (tertiary alicyclic amines) is 1. The number of hydrogen-bond acceptors (Lipinski definition) is 6. The SMILES string of the molecule is CCOC(=O)N1CCC(NC(=O)c2coc(C3CCCNC3)n2)CC1. The first-order chi connectivity index (χ1) is 12.2. The van der Waals surface area contributed by atoms with E-state index in [1.165, 1.54) is 6.26 Å². The number of oxazole rings is 1. The zero-order chi connectivity index (χ0) is 17.6. The molecule has 138 valence electrons. The minimum atomic E-state index is -0.283. The minimum absolute atomic E-state index is 0.0367. The molecule has 3 heterocycles. The molecule has 0 saturated carbocycles.